The molecule has 2 heteroatoms. The lowest BCUT2D eigenvalue weighted by molar-refractivity contribution is 0.0988. The minimum absolute atomic E-state index is 0.128. The molecule has 0 saturated heterocycles. The number of ketones is 1. The molecule has 0 heterocycles. The van der Waals surface area contributed by atoms with Gasteiger partial charge in [0.25, 0.3) is 0 Å². The van der Waals surface area contributed by atoms with Crippen LogP contribution in [-0.2, 0) is 0 Å². The van der Waals surface area contributed by atoms with Crippen LogP contribution in [0.3, 0.4) is 0 Å². The second-order valence-electron chi connectivity index (χ2n) is 6.09. The topological polar surface area (TPSA) is 29.4 Å². The number of aliphatic imine (C=N–C) groups is 1. The van der Waals surface area contributed by atoms with Gasteiger partial charge in [-0.3, -0.25) is 9.79 Å². The summed E-state index contributed by atoms with van der Waals surface area (Å²) >= 11 is 0. The molecule has 1 aliphatic carbocycles. The molecule has 4 rings (SSSR count). The highest BCUT2D eigenvalue weighted by molar-refractivity contribution is 6.32. The van der Waals surface area contributed by atoms with Crippen molar-refractivity contribution < 1.29 is 4.79 Å². The maximum Gasteiger partial charge on any atom is 0.176 e. The fourth-order valence-electron chi connectivity index (χ4n) is 3.27. The lowest BCUT2D eigenvalue weighted by Gasteiger charge is -2.11. The molecule has 1 atom stereocenters. The quantitative estimate of drug-likeness (QED) is 0.647. The minimum Gasteiger partial charge on any atom is -0.293 e. The maximum absolute atomic E-state index is 13.0. The van der Waals surface area contributed by atoms with Gasteiger partial charge in [0.15, 0.2) is 5.78 Å². The van der Waals surface area contributed by atoms with E-state index in [0.29, 0.717) is 0 Å². The summed E-state index contributed by atoms with van der Waals surface area (Å²) in [7, 11) is 0. The molecule has 3 aromatic carbocycles. The van der Waals surface area contributed by atoms with E-state index in [0.717, 1.165) is 33.7 Å². The largest absolute Gasteiger partial charge is 0.293 e. The Hall–Kier alpha value is -3.00. The van der Waals surface area contributed by atoms with E-state index in [4.69, 9.17) is 4.99 Å². The second kappa shape index (κ2) is 5.89. The fourth-order valence-corrected chi connectivity index (χ4v) is 3.27. The first-order chi connectivity index (χ1) is 11.7. The Bertz CT molecular complexity index is 941. The fraction of sp³-hybridized carbons (Fsp3) is 0.0909. The third-order valence-electron chi connectivity index (χ3n) is 4.39. The molecule has 24 heavy (non-hydrogen) atoms. The van der Waals surface area contributed by atoms with Gasteiger partial charge in [0.05, 0.1) is 17.3 Å². The summed E-state index contributed by atoms with van der Waals surface area (Å²) in [6, 6.07) is 25.7. The van der Waals surface area contributed by atoms with E-state index in [1.54, 1.807) is 0 Å². The van der Waals surface area contributed by atoms with Gasteiger partial charge >= 0.3 is 0 Å². The molecule has 0 radical (unpaired) electrons. The second-order valence-corrected chi connectivity index (χ2v) is 6.09. The first-order valence-corrected chi connectivity index (χ1v) is 8.08. The number of fused-ring (bicyclic) bond motifs is 1. The number of benzene rings is 3. The smallest absolute Gasteiger partial charge is 0.176 e. The van der Waals surface area contributed by atoms with Crippen LogP contribution >= 0.6 is 0 Å². The van der Waals surface area contributed by atoms with E-state index in [1.807, 2.05) is 85.8 Å². The number of nitrogens with zero attached hydrogens (tertiary/aromatic N) is 1. The molecule has 0 N–H and O–H groups in total. The Morgan fingerprint density at radius 2 is 1.50 bits per heavy atom. The van der Waals surface area contributed by atoms with Crippen LogP contribution in [0, 0.1) is 6.92 Å². The Labute approximate surface area is 141 Å². The zero-order valence-corrected chi connectivity index (χ0v) is 13.4. The lowest BCUT2D eigenvalue weighted by atomic mass is 9.93. The zero-order chi connectivity index (χ0) is 16.5. The van der Waals surface area contributed by atoms with Crippen molar-refractivity contribution in [1.82, 2.24) is 0 Å². The molecule has 3 aromatic rings. The summed E-state index contributed by atoms with van der Waals surface area (Å²) in [6.45, 7) is 2.05. The van der Waals surface area contributed by atoms with Crippen LogP contribution in [0.4, 0.5) is 5.69 Å². The van der Waals surface area contributed by atoms with E-state index >= 15 is 0 Å². The van der Waals surface area contributed by atoms with E-state index in [2.05, 4.69) is 0 Å². The van der Waals surface area contributed by atoms with E-state index in [-0.39, 0.29) is 11.7 Å². The van der Waals surface area contributed by atoms with Gasteiger partial charge in [-0.15, -0.1) is 0 Å². The Morgan fingerprint density at radius 1 is 0.792 bits per heavy atom. The molecule has 0 fully saturated rings. The van der Waals surface area contributed by atoms with Crippen molar-refractivity contribution in [2.24, 2.45) is 4.99 Å². The first kappa shape index (κ1) is 14.6. The molecule has 0 aromatic heterocycles. The maximum atomic E-state index is 13.0. The monoisotopic (exact) mass is 311 g/mol. The average Bonchev–Trinajstić information content (AvgIpc) is 2.88. The van der Waals surface area contributed by atoms with E-state index < -0.39 is 0 Å². The zero-order valence-electron chi connectivity index (χ0n) is 13.4. The molecular weight excluding hydrogens is 294 g/mol. The van der Waals surface area contributed by atoms with Crippen molar-refractivity contribution >= 4 is 17.2 Å². The van der Waals surface area contributed by atoms with E-state index in [9.17, 15) is 4.79 Å². The standard InChI is InChI=1S/C22H17NO/c1-15-8-7-11-17(14-15)23-21-18-12-5-6-13-19(18)22(24)20(21)16-9-3-2-4-10-16/h2-14,20H,1H3/t20-/m0/s1. The molecule has 0 unspecified atom stereocenters. The number of carbonyl (C=O) groups is 1. The highest BCUT2D eigenvalue weighted by Gasteiger charge is 2.37. The Morgan fingerprint density at radius 3 is 2.25 bits per heavy atom. The molecule has 2 nitrogen and oxygen atoms in total. The number of hydrogen-bond acceptors (Lipinski definition) is 2. The molecule has 116 valence electrons. The number of hydrogen-bond donors (Lipinski definition) is 0. The van der Waals surface area contributed by atoms with Crippen LogP contribution in [0.2, 0.25) is 0 Å². The molecule has 0 bridgehead atoms. The van der Waals surface area contributed by atoms with Gasteiger partial charge in [0.1, 0.15) is 0 Å². The van der Waals surface area contributed by atoms with Gasteiger partial charge in [-0.05, 0) is 30.2 Å². The number of aryl methyl sites for hydroxylation is 1. The van der Waals surface area contributed by atoms with Gasteiger partial charge < -0.3 is 0 Å². The number of Topliss-reactive ketones (excluding diaryl/α,β-unsaturated/α-hetero) is 1. The summed E-state index contributed by atoms with van der Waals surface area (Å²) in [4.78, 5) is 17.8. The van der Waals surface area contributed by atoms with Gasteiger partial charge in [-0.1, -0.05) is 66.7 Å². The minimum atomic E-state index is -0.330. The average molecular weight is 311 g/mol. The number of rotatable bonds is 2. The first-order valence-electron chi connectivity index (χ1n) is 8.08. The van der Waals surface area contributed by atoms with Crippen molar-refractivity contribution in [1.29, 1.82) is 0 Å². The molecule has 0 saturated carbocycles. The molecule has 1 aliphatic rings. The van der Waals surface area contributed by atoms with Crippen molar-refractivity contribution in [2.45, 2.75) is 12.8 Å². The highest BCUT2D eigenvalue weighted by Crippen LogP contribution is 2.36. The summed E-state index contributed by atoms with van der Waals surface area (Å²) in [6.07, 6.45) is 0. The van der Waals surface area contributed by atoms with Crippen LogP contribution in [0.15, 0.2) is 83.9 Å². The van der Waals surface area contributed by atoms with Gasteiger partial charge in [-0.25, -0.2) is 0 Å². The predicted molar refractivity (Wildman–Crippen MR) is 97.3 cm³/mol. The normalized spacial score (nSPS) is 18.0. The van der Waals surface area contributed by atoms with Crippen molar-refractivity contribution in [2.75, 3.05) is 0 Å². The summed E-state index contributed by atoms with van der Waals surface area (Å²) in [5.41, 5.74) is 5.58. The third-order valence-corrected chi connectivity index (χ3v) is 4.39. The van der Waals surface area contributed by atoms with E-state index in [1.165, 1.54) is 0 Å². The summed E-state index contributed by atoms with van der Waals surface area (Å²) in [5.74, 6) is -0.202. The van der Waals surface area contributed by atoms with Crippen LogP contribution < -0.4 is 0 Å². The third kappa shape index (κ3) is 2.46. The van der Waals surface area contributed by atoms with Crippen LogP contribution in [0.5, 0.6) is 0 Å². The number of carbonyl (C=O) groups excluding carboxylic acids is 1. The van der Waals surface area contributed by atoms with Crippen LogP contribution in [0.1, 0.15) is 33.0 Å². The van der Waals surface area contributed by atoms with Crippen LogP contribution in [0.25, 0.3) is 0 Å². The van der Waals surface area contributed by atoms with Crippen LogP contribution in [-0.4, -0.2) is 11.5 Å². The highest BCUT2D eigenvalue weighted by atomic mass is 16.1. The van der Waals surface area contributed by atoms with Gasteiger partial charge in [-0.2, -0.15) is 0 Å². The molecular formula is C22H17NO. The Kier molecular flexibility index (Phi) is 3.58. The summed E-state index contributed by atoms with van der Waals surface area (Å²) in [5, 5.41) is 0. The van der Waals surface area contributed by atoms with Gasteiger partial charge in [0.2, 0.25) is 0 Å². The molecule has 0 spiro atoms. The van der Waals surface area contributed by atoms with Gasteiger partial charge in [0, 0.05) is 11.1 Å². The molecule has 0 amide bonds. The van der Waals surface area contributed by atoms with Crippen molar-refractivity contribution in [3.8, 4) is 0 Å². The van der Waals surface area contributed by atoms with Crippen molar-refractivity contribution in [3.63, 3.8) is 0 Å². The molecule has 0 aliphatic heterocycles. The lowest BCUT2D eigenvalue weighted by Crippen LogP contribution is -2.13. The predicted octanol–water partition coefficient (Wildman–Crippen LogP) is 5.10. The Balaban J connectivity index is 1.91. The SMILES string of the molecule is Cc1cccc(N=C2c3ccccc3C(=O)[C@H]2c2ccccc2)c1. The van der Waals surface area contributed by atoms with Crippen molar-refractivity contribution in [3.05, 3.63) is 101 Å². The summed E-state index contributed by atoms with van der Waals surface area (Å²) < 4.78 is 0.